The van der Waals surface area contributed by atoms with Crippen LogP contribution >= 0.6 is 0 Å². The van der Waals surface area contributed by atoms with Gasteiger partial charge in [-0.3, -0.25) is 4.90 Å². The number of carbonyl (C=O) groups is 1. The van der Waals surface area contributed by atoms with E-state index in [0.29, 0.717) is 35.3 Å². The maximum absolute atomic E-state index is 11.3. The summed E-state index contributed by atoms with van der Waals surface area (Å²) in [5.74, 6) is 2.34. The number of methoxy groups -OCH3 is 2. The van der Waals surface area contributed by atoms with E-state index in [4.69, 9.17) is 9.47 Å². The van der Waals surface area contributed by atoms with Crippen molar-refractivity contribution in [3.05, 3.63) is 17.7 Å². The smallest absolute Gasteiger partial charge is 0.131 e. The van der Waals surface area contributed by atoms with Crippen LogP contribution in [-0.4, -0.2) is 43.6 Å². The predicted octanol–water partition coefficient (Wildman–Crippen LogP) is 3.02. The van der Waals surface area contributed by atoms with Crippen molar-refractivity contribution >= 4 is 6.29 Å². The van der Waals surface area contributed by atoms with Gasteiger partial charge in [0.05, 0.1) is 19.8 Å². The first-order chi connectivity index (χ1) is 11.0. The van der Waals surface area contributed by atoms with Crippen LogP contribution in [-0.2, 0) is 4.79 Å². The lowest BCUT2D eigenvalue weighted by molar-refractivity contribution is -0.109. The molecule has 1 saturated heterocycles. The minimum absolute atomic E-state index is 0.110. The molecule has 0 saturated carbocycles. The number of aldehydes is 1. The zero-order chi connectivity index (χ0) is 17.0. The van der Waals surface area contributed by atoms with Crippen LogP contribution in [0.4, 0.5) is 0 Å². The zero-order valence-electron chi connectivity index (χ0n) is 14.4. The van der Waals surface area contributed by atoms with E-state index in [-0.39, 0.29) is 11.8 Å². The molecule has 3 unspecified atom stereocenters. The summed E-state index contributed by atoms with van der Waals surface area (Å²) in [7, 11) is 3.11. The zero-order valence-corrected chi connectivity index (χ0v) is 14.4. The Bertz CT molecular complexity index is 536. The quantitative estimate of drug-likeness (QED) is 0.816. The fourth-order valence-electron chi connectivity index (χ4n) is 3.72. The molecule has 0 aromatic heterocycles. The van der Waals surface area contributed by atoms with Gasteiger partial charge in [-0.25, -0.2) is 0 Å². The first-order valence-electron chi connectivity index (χ1n) is 8.12. The minimum atomic E-state index is -0.182. The number of benzene rings is 1. The van der Waals surface area contributed by atoms with Crippen LogP contribution in [0.5, 0.6) is 17.2 Å². The van der Waals surface area contributed by atoms with Gasteiger partial charge in [-0.15, -0.1) is 0 Å². The summed E-state index contributed by atoms with van der Waals surface area (Å²) in [5, 5.41) is 10.5. The molecular formula is C18H27NO4. The molecule has 1 aromatic rings. The number of phenolic OH excluding ortho intramolecular Hbond substituents is 1. The topological polar surface area (TPSA) is 59.0 Å². The Morgan fingerprint density at radius 2 is 1.91 bits per heavy atom. The molecule has 1 aliphatic heterocycles. The molecule has 128 valence electrons. The van der Waals surface area contributed by atoms with E-state index in [1.165, 1.54) is 6.42 Å². The van der Waals surface area contributed by atoms with Gasteiger partial charge < -0.3 is 19.4 Å². The molecule has 2 rings (SSSR count). The highest BCUT2D eigenvalue weighted by molar-refractivity contribution is 5.57. The molecule has 0 spiro atoms. The van der Waals surface area contributed by atoms with Crippen molar-refractivity contribution in [2.75, 3.05) is 27.3 Å². The molecule has 1 heterocycles. The molecule has 0 bridgehead atoms. The van der Waals surface area contributed by atoms with Crippen LogP contribution in [0.15, 0.2) is 12.1 Å². The summed E-state index contributed by atoms with van der Waals surface area (Å²) >= 11 is 0. The number of hydrogen-bond acceptors (Lipinski definition) is 5. The van der Waals surface area contributed by atoms with Crippen molar-refractivity contribution in [3.8, 4) is 17.2 Å². The molecule has 5 nitrogen and oxygen atoms in total. The van der Waals surface area contributed by atoms with Crippen molar-refractivity contribution in [1.82, 2.24) is 4.90 Å². The first kappa shape index (κ1) is 17.6. The Balaban J connectivity index is 2.42. The van der Waals surface area contributed by atoms with E-state index < -0.39 is 0 Å². The Labute approximate surface area is 138 Å². The Morgan fingerprint density at radius 1 is 1.26 bits per heavy atom. The molecule has 1 aromatic carbocycles. The van der Waals surface area contributed by atoms with Crippen LogP contribution in [0.1, 0.15) is 38.3 Å². The monoisotopic (exact) mass is 321 g/mol. The molecule has 1 aliphatic rings. The van der Waals surface area contributed by atoms with Gasteiger partial charge in [-0.05, 0) is 18.3 Å². The van der Waals surface area contributed by atoms with Gasteiger partial charge in [-0.1, -0.05) is 13.8 Å². The third-order valence-electron chi connectivity index (χ3n) is 4.54. The summed E-state index contributed by atoms with van der Waals surface area (Å²) in [6.45, 7) is 6.28. The number of carbonyl (C=O) groups excluding carboxylic acids is 1. The highest BCUT2D eigenvalue weighted by Crippen LogP contribution is 2.42. The highest BCUT2D eigenvalue weighted by atomic mass is 16.5. The third kappa shape index (κ3) is 3.96. The highest BCUT2D eigenvalue weighted by Gasteiger charge is 2.31. The van der Waals surface area contributed by atoms with Gasteiger partial charge in [0.2, 0.25) is 0 Å². The first-order valence-corrected chi connectivity index (χ1v) is 8.12. The Hall–Kier alpha value is -1.75. The fraction of sp³-hybridized carbons (Fsp3) is 0.611. The van der Waals surface area contributed by atoms with E-state index in [2.05, 4.69) is 18.7 Å². The van der Waals surface area contributed by atoms with Gasteiger partial charge in [0.1, 0.15) is 23.5 Å². The van der Waals surface area contributed by atoms with E-state index in [0.717, 1.165) is 19.4 Å². The molecule has 0 radical (unpaired) electrons. The van der Waals surface area contributed by atoms with Crippen LogP contribution in [0.2, 0.25) is 0 Å². The second kappa shape index (κ2) is 7.68. The van der Waals surface area contributed by atoms with Crippen LogP contribution < -0.4 is 9.47 Å². The lowest BCUT2D eigenvalue weighted by Crippen LogP contribution is -2.41. The second-order valence-electron chi connectivity index (χ2n) is 6.58. The maximum atomic E-state index is 11.3. The number of likely N-dealkylation sites (tertiary alicyclic amines) is 1. The summed E-state index contributed by atoms with van der Waals surface area (Å²) in [6, 6.07) is 3.15. The second-order valence-corrected chi connectivity index (χ2v) is 6.58. The molecule has 0 amide bonds. The standard InChI is InChI=1S/C18H27NO4/c1-12-7-13(2)11-19(10-12)15(5-6-20)18-16(21)8-14(22-3)9-17(18)23-4/h6,8-9,12-13,15,21H,5,7,10-11H2,1-4H3. The van der Waals surface area contributed by atoms with E-state index in [9.17, 15) is 9.90 Å². The average molecular weight is 321 g/mol. The summed E-state index contributed by atoms with van der Waals surface area (Å²) < 4.78 is 10.6. The molecule has 1 fully saturated rings. The van der Waals surface area contributed by atoms with Gasteiger partial charge in [0, 0.05) is 37.7 Å². The summed E-state index contributed by atoms with van der Waals surface area (Å²) in [5.41, 5.74) is 0.668. The molecule has 0 aliphatic carbocycles. The van der Waals surface area contributed by atoms with Gasteiger partial charge in [0.25, 0.3) is 0 Å². The Kier molecular flexibility index (Phi) is 5.88. The number of nitrogens with zero attached hydrogens (tertiary/aromatic N) is 1. The molecule has 3 atom stereocenters. The number of ether oxygens (including phenoxy) is 2. The molecule has 1 N–H and O–H groups in total. The number of hydrogen-bond donors (Lipinski definition) is 1. The lowest BCUT2D eigenvalue weighted by Gasteiger charge is -2.40. The number of aromatic hydroxyl groups is 1. The van der Waals surface area contributed by atoms with Crippen molar-refractivity contribution in [1.29, 1.82) is 0 Å². The van der Waals surface area contributed by atoms with Crippen molar-refractivity contribution in [3.63, 3.8) is 0 Å². The van der Waals surface area contributed by atoms with Crippen LogP contribution in [0.25, 0.3) is 0 Å². The third-order valence-corrected chi connectivity index (χ3v) is 4.54. The van der Waals surface area contributed by atoms with Gasteiger partial charge >= 0.3 is 0 Å². The predicted molar refractivity (Wildman–Crippen MR) is 89.2 cm³/mol. The molecule has 23 heavy (non-hydrogen) atoms. The maximum Gasteiger partial charge on any atom is 0.131 e. The SMILES string of the molecule is COc1cc(O)c(C(CC=O)N2CC(C)CC(C)C2)c(OC)c1. The minimum Gasteiger partial charge on any atom is -0.507 e. The van der Waals surface area contributed by atoms with Gasteiger partial charge in [-0.2, -0.15) is 0 Å². The fourth-order valence-corrected chi connectivity index (χ4v) is 3.72. The normalized spacial score (nSPS) is 23.3. The van der Waals surface area contributed by atoms with E-state index in [1.54, 1.807) is 26.4 Å². The summed E-state index contributed by atoms with van der Waals surface area (Å²) in [4.78, 5) is 13.5. The van der Waals surface area contributed by atoms with Crippen molar-refractivity contribution in [2.24, 2.45) is 11.8 Å². The van der Waals surface area contributed by atoms with Crippen molar-refractivity contribution in [2.45, 2.75) is 32.7 Å². The van der Waals surface area contributed by atoms with E-state index in [1.807, 2.05) is 0 Å². The molecule has 5 heteroatoms. The molecular weight excluding hydrogens is 294 g/mol. The summed E-state index contributed by atoms with van der Waals surface area (Å²) in [6.07, 6.45) is 2.43. The number of phenols is 1. The average Bonchev–Trinajstić information content (AvgIpc) is 2.51. The number of rotatable bonds is 6. The van der Waals surface area contributed by atoms with E-state index >= 15 is 0 Å². The van der Waals surface area contributed by atoms with Crippen molar-refractivity contribution < 1.29 is 19.4 Å². The van der Waals surface area contributed by atoms with Crippen LogP contribution in [0.3, 0.4) is 0 Å². The Morgan fingerprint density at radius 3 is 2.43 bits per heavy atom. The largest absolute Gasteiger partial charge is 0.507 e. The number of piperidine rings is 1. The lowest BCUT2D eigenvalue weighted by atomic mass is 9.88. The van der Waals surface area contributed by atoms with Gasteiger partial charge in [0.15, 0.2) is 0 Å². The van der Waals surface area contributed by atoms with Crippen LogP contribution in [0, 0.1) is 11.8 Å².